The van der Waals surface area contributed by atoms with Gasteiger partial charge in [-0.3, -0.25) is 4.79 Å². The molecule has 3 heteroatoms. The van der Waals surface area contributed by atoms with Crippen molar-refractivity contribution < 1.29 is 4.79 Å². The van der Waals surface area contributed by atoms with E-state index >= 15 is 0 Å². The monoisotopic (exact) mass is 272 g/mol. The normalized spacial score (nSPS) is 11.2. The first kappa shape index (κ1) is 14.6. The Kier molecular flexibility index (Phi) is 4.48. The minimum absolute atomic E-state index is 0.0250. The highest BCUT2D eigenvalue weighted by Crippen LogP contribution is 2.22. The van der Waals surface area contributed by atoms with Gasteiger partial charge >= 0.3 is 0 Å². The van der Waals surface area contributed by atoms with Crippen molar-refractivity contribution in [3.63, 3.8) is 0 Å². The van der Waals surface area contributed by atoms with Crippen LogP contribution < -0.4 is 5.32 Å². The number of fused-ring (bicyclic) bond motifs is 1. The number of carbonyl (C=O) groups is 1. The molecule has 0 bridgehead atoms. The van der Waals surface area contributed by atoms with Gasteiger partial charge < -0.3 is 10.3 Å². The number of aromatic nitrogens is 1. The van der Waals surface area contributed by atoms with Crippen molar-refractivity contribution in [1.29, 1.82) is 0 Å². The first-order valence-corrected chi connectivity index (χ1v) is 7.43. The number of benzene rings is 1. The fourth-order valence-electron chi connectivity index (χ4n) is 2.52. The smallest absolute Gasteiger partial charge is 0.251 e. The minimum atomic E-state index is 0.0250. The molecule has 0 aliphatic heterocycles. The van der Waals surface area contributed by atoms with Crippen molar-refractivity contribution in [2.75, 3.05) is 6.54 Å². The molecule has 20 heavy (non-hydrogen) atoms. The summed E-state index contributed by atoms with van der Waals surface area (Å²) in [5, 5.41) is 4.18. The molecule has 0 saturated heterocycles. The van der Waals surface area contributed by atoms with Crippen LogP contribution in [0.5, 0.6) is 0 Å². The predicted molar refractivity (Wildman–Crippen MR) is 84.2 cm³/mol. The summed E-state index contributed by atoms with van der Waals surface area (Å²) in [4.78, 5) is 15.6. The van der Waals surface area contributed by atoms with Crippen LogP contribution in [0.25, 0.3) is 10.9 Å². The Balaban J connectivity index is 2.16. The Bertz CT molecular complexity index is 609. The third-order valence-electron chi connectivity index (χ3n) is 4.28. The fraction of sp³-hybridized carbons (Fsp3) is 0.471. The second kappa shape index (κ2) is 6.12. The fourth-order valence-corrected chi connectivity index (χ4v) is 2.52. The molecule has 0 aliphatic rings. The molecular formula is C17H24N2O. The van der Waals surface area contributed by atoms with Gasteiger partial charge in [-0.05, 0) is 43.5 Å². The lowest BCUT2D eigenvalue weighted by molar-refractivity contribution is 0.0946. The van der Waals surface area contributed by atoms with Crippen LogP contribution in [0.4, 0.5) is 0 Å². The van der Waals surface area contributed by atoms with Gasteiger partial charge in [0.05, 0.1) is 0 Å². The highest BCUT2D eigenvalue weighted by molar-refractivity contribution is 5.99. The summed E-state index contributed by atoms with van der Waals surface area (Å²) in [5.74, 6) is 0.593. The number of hydrogen-bond acceptors (Lipinski definition) is 1. The van der Waals surface area contributed by atoms with E-state index in [0.29, 0.717) is 5.92 Å². The standard InChI is InChI=1S/C17H24N2O/c1-5-13(6-2)10-18-17(20)14-7-8-16-15(9-14)11(3)12(4)19-16/h7-9,13,19H,5-6,10H2,1-4H3,(H,18,20). The Morgan fingerprint density at radius 1 is 1.25 bits per heavy atom. The molecule has 2 rings (SSSR count). The lowest BCUT2D eigenvalue weighted by atomic mass is 10.0. The molecule has 2 N–H and O–H groups in total. The number of aryl methyl sites for hydroxylation is 2. The summed E-state index contributed by atoms with van der Waals surface area (Å²) < 4.78 is 0. The lowest BCUT2D eigenvalue weighted by Crippen LogP contribution is -2.28. The van der Waals surface area contributed by atoms with Crippen molar-refractivity contribution in [1.82, 2.24) is 10.3 Å². The second-order valence-corrected chi connectivity index (χ2v) is 5.53. The van der Waals surface area contributed by atoms with Gasteiger partial charge in [-0.2, -0.15) is 0 Å². The Hall–Kier alpha value is -1.77. The van der Waals surface area contributed by atoms with Gasteiger partial charge in [0.1, 0.15) is 0 Å². The van der Waals surface area contributed by atoms with E-state index in [4.69, 9.17) is 0 Å². The number of H-pyrrole nitrogens is 1. The number of aromatic amines is 1. The zero-order valence-electron chi connectivity index (χ0n) is 12.8. The number of amides is 1. The average Bonchev–Trinajstić information content (AvgIpc) is 2.74. The maximum atomic E-state index is 12.2. The first-order chi connectivity index (χ1) is 9.56. The molecule has 0 unspecified atom stereocenters. The van der Waals surface area contributed by atoms with Crippen molar-refractivity contribution in [3.8, 4) is 0 Å². The highest BCUT2D eigenvalue weighted by Gasteiger charge is 2.11. The van der Waals surface area contributed by atoms with Gasteiger partial charge in [-0.1, -0.05) is 26.7 Å². The van der Waals surface area contributed by atoms with E-state index in [1.165, 1.54) is 5.56 Å². The van der Waals surface area contributed by atoms with Crippen molar-refractivity contribution in [3.05, 3.63) is 35.0 Å². The molecule has 3 nitrogen and oxygen atoms in total. The Morgan fingerprint density at radius 2 is 1.95 bits per heavy atom. The maximum Gasteiger partial charge on any atom is 0.251 e. The molecule has 0 saturated carbocycles. The van der Waals surface area contributed by atoms with Crippen molar-refractivity contribution in [2.24, 2.45) is 5.92 Å². The maximum absolute atomic E-state index is 12.2. The van der Waals surface area contributed by atoms with E-state index in [1.54, 1.807) is 0 Å². The summed E-state index contributed by atoms with van der Waals surface area (Å²) in [7, 11) is 0. The Morgan fingerprint density at radius 3 is 2.60 bits per heavy atom. The second-order valence-electron chi connectivity index (χ2n) is 5.53. The summed E-state index contributed by atoms with van der Waals surface area (Å²) in [6, 6.07) is 5.86. The molecule has 0 radical (unpaired) electrons. The predicted octanol–water partition coefficient (Wildman–Crippen LogP) is 3.95. The lowest BCUT2D eigenvalue weighted by Gasteiger charge is -2.13. The SMILES string of the molecule is CCC(CC)CNC(=O)c1ccc2[nH]c(C)c(C)c2c1. The van der Waals surface area contributed by atoms with E-state index in [9.17, 15) is 4.79 Å². The van der Waals surface area contributed by atoms with Gasteiger partial charge in [0.15, 0.2) is 0 Å². The molecule has 0 atom stereocenters. The molecule has 2 aromatic rings. The quantitative estimate of drug-likeness (QED) is 0.850. The molecule has 0 aliphatic carbocycles. The Labute approximate surface area is 120 Å². The van der Waals surface area contributed by atoms with Gasteiger partial charge in [0, 0.05) is 28.7 Å². The number of hydrogen-bond donors (Lipinski definition) is 2. The number of nitrogens with one attached hydrogen (secondary N) is 2. The van der Waals surface area contributed by atoms with Crippen LogP contribution in [-0.2, 0) is 0 Å². The summed E-state index contributed by atoms with van der Waals surface area (Å²) in [6.45, 7) is 9.23. The topological polar surface area (TPSA) is 44.9 Å². The van der Waals surface area contributed by atoms with E-state index < -0.39 is 0 Å². The van der Waals surface area contributed by atoms with Crippen LogP contribution in [-0.4, -0.2) is 17.4 Å². The van der Waals surface area contributed by atoms with Crippen LogP contribution in [0.2, 0.25) is 0 Å². The number of rotatable bonds is 5. The van der Waals surface area contributed by atoms with Crippen LogP contribution in [0.1, 0.15) is 48.3 Å². The van der Waals surface area contributed by atoms with Crippen LogP contribution in [0.3, 0.4) is 0 Å². The third-order valence-corrected chi connectivity index (χ3v) is 4.28. The van der Waals surface area contributed by atoms with Gasteiger partial charge in [0.2, 0.25) is 0 Å². The molecule has 1 aromatic heterocycles. The van der Waals surface area contributed by atoms with E-state index in [-0.39, 0.29) is 5.91 Å². The highest BCUT2D eigenvalue weighted by atomic mass is 16.1. The summed E-state index contributed by atoms with van der Waals surface area (Å²) in [5.41, 5.74) is 4.21. The largest absolute Gasteiger partial charge is 0.358 e. The minimum Gasteiger partial charge on any atom is -0.358 e. The van der Waals surface area contributed by atoms with E-state index in [0.717, 1.165) is 41.5 Å². The van der Waals surface area contributed by atoms with Crippen LogP contribution in [0.15, 0.2) is 18.2 Å². The molecule has 1 amide bonds. The molecular weight excluding hydrogens is 248 g/mol. The third kappa shape index (κ3) is 2.87. The van der Waals surface area contributed by atoms with Gasteiger partial charge in [-0.15, -0.1) is 0 Å². The molecule has 1 heterocycles. The zero-order chi connectivity index (χ0) is 14.7. The van der Waals surface area contributed by atoms with Crippen molar-refractivity contribution in [2.45, 2.75) is 40.5 Å². The number of carbonyl (C=O) groups excluding carboxylic acids is 1. The first-order valence-electron chi connectivity index (χ1n) is 7.43. The molecule has 0 spiro atoms. The molecule has 0 fully saturated rings. The zero-order valence-corrected chi connectivity index (χ0v) is 12.8. The van der Waals surface area contributed by atoms with Crippen LogP contribution >= 0.6 is 0 Å². The van der Waals surface area contributed by atoms with E-state index in [2.05, 4.69) is 38.0 Å². The van der Waals surface area contributed by atoms with Crippen LogP contribution in [0, 0.1) is 19.8 Å². The average molecular weight is 272 g/mol. The summed E-state index contributed by atoms with van der Waals surface area (Å²) in [6.07, 6.45) is 2.21. The molecule has 108 valence electrons. The summed E-state index contributed by atoms with van der Waals surface area (Å²) >= 11 is 0. The van der Waals surface area contributed by atoms with Crippen molar-refractivity contribution >= 4 is 16.8 Å². The molecule has 1 aromatic carbocycles. The van der Waals surface area contributed by atoms with Gasteiger partial charge in [-0.25, -0.2) is 0 Å². The van der Waals surface area contributed by atoms with E-state index in [1.807, 2.05) is 18.2 Å². The van der Waals surface area contributed by atoms with Gasteiger partial charge in [0.25, 0.3) is 5.91 Å².